The van der Waals surface area contributed by atoms with Gasteiger partial charge in [-0.1, -0.05) is 35.3 Å². The molecule has 1 heterocycles. The molecule has 1 atom stereocenters. The largest absolute Gasteiger partial charge is 0.244 e. The Balaban J connectivity index is 2.57. The van der Waals surface area contributed by atoms with Crippen LogP contribution in [0.3, 0.4) is 0 Å². The van der Waals surface area contributed by atoms with E-state index in [9.17, 15) is 5.26 Å². The fourth-order valence-electron chi connectivity index (χ4n) is 1.65. The van der Waals surface area contributed by atoms with Gasteiger partial charge in [-0.05, 0) is 40.2 Å². The Morgan fingerprint density at radius 1 is 1.11 bits per heavy atom. The molecule has 0 fully saturated rings. The highest BCUT2D eigenvalue weighted by molar-refractivity contribution is 9.10. The fourth-order valence-corrected chi connectivity index (χ4v) is 2.62. The van der Waals surface area contributed by atoms with Gasteiger partial charge >= 0.3 is 0 Å². The number of nitriles is 1. The summed E-state index contributed by atoms with van der Waals surface area (Å²) in [4.78, 5) is 4.28. The molecule has 0 N–H and O–H groups in total. The number of hydrogen-bond acceptors (Lipinski definition) is 2. The Labute approximate surface area is 123 Å². The Hall–Kier alpha value is -1.08. The number of aromatic nitrogens is 1. The van der Waals surface area contributed by atoms with E-state index in [1.807, 2.05) is 6.07 Å². The van der Waals surface area contributed by atoms with Crippen LogP contribution in [0.5, 0.6) is 0 Å². The van der Waals surface area contributed by atoms with Crippen molar-refractivity contribution < 1.29 is 0 Å². The van der Waals surface area contributed by atoms with E-state index in [1.54, 1.807) is 30.3 Å². The summed E-state index contributed by atoms with van der Waals surface area (Å²) in [5.41, 5.74) is 1.20. The standard InChI is InChI=1S/C13H7BrCl2N2/c14-12-6-2-5-11(18-12)8(7-17)13-9(15)3-1-4-10(13)16/h1-6,8H. The van der Waals surface area contributed by atoms with Gasteiger partial charge in [-0.2, -0.15) is 5.26 Å². The average Bonchev–Trinajstić information content (AvgIpc) is 2.34. The van der Waals surface area contributed by atoms with E-state index >= 15 is 0 Å². The van der Waals surface area contributed by atoms with Crippen LogP contribution in [-0.4, -0.2) is 4.98 Å². The van der Waals surface area contributed by atoms with E-state index in [4.69, 9.17) is 23.2 Å². The predicted octanol–water partition coefficient (Wildman–Crippen LogP) is 4.81. The molecule has 0 spiro atoms. The monoisotopic (exact) mass is 340 g/mol. The van der Waals surface area contributed by atoms with Crippen LogP contribution in [-0.2, 0) is 0 Å². The van der Waals surface area contributed by atoms with Crippen LogP contribution in [0.15, 0.2) is 41.0 Å². The molecule has 0 radical (unpaired) electrons. The van der Waals surface area contributed by atoms with Gasteiger partial charge in [0.15, 0.2) is 0 Å². The molecule has 1 aromatic heterocycles. The lowest BCUT2D eigenvalue weighted by Gasteiger charge is -2.12. The Kier molecular flexibility index (Phi) is 4.23. The summed E-state index contributed by atoms with van der Waals surface area (Å²) >= 11 is 15.5. The second-order valence-corrected chi connectivity index (χ2v) is 5.21. The lowest BCUT2D eigenvalue weighted by Crippen LogP contribution is -2.02. The quantitative estimate of drug-likeness (QED) is 0.735. The Bertz CT molecular complexity index is 602. The molecule has 0 aliphatic carbocycles. The molecule has 2 nitrogen and oxygen atoms in total. The van der Waals surface area contributed by atoms with Crippen LogP contribution < -0.4 is 0 Å². The number of nitrogens with zero attached hydrogens (tertiary/aromatic N) is 2. The molecule has 1 aromatic carbocycles. The summed E-state index contributed by atoms with van der Waals surface area (Å²) < 4.78 is 0.670. The second-order valence-electron chi connectivity index (χ2n) is 3.58. The first-order chi connectivity index (χ1) is 8.63. The maximum absolute atomic E-state index is 9.35. The zero-order valence-electron chi connectivity index (χ0n) is 9.07. The smallest absolute Gasteiger partial charge is 0.116 e. The predicted molar refractivity (Wildman–Crippen MR) is 75.9 cm³/mol. The van der Waals surface area contributed by atoms with Gasteiger partial charge in [0.2, 0.25) is 0 Å². The van der Waals surface area contributed by atoms with Gasteiger partial charge in [0.05, 0.1) is 11.8 Å². The van der Waals surface area contributed by atoms with E-state index in [-0.39, 0.29) is 0 Å². The minimum Gasteiger partial charge on any atom is -0.244 e. The highest BCUT2D eigenvalue weighted by Crippen LogP contribution is 2.34. The molecular formula is C13H7BrCl2N2. The highest BCUT2D eigenvalue weighted by atomic mass is 79.9. The van der Waals surface area contributed by atoms with E-state index in [2.05, 4.69) is 27.0 Å². The molecule has 0 aliphatic rings. The molecule has 2 aromatic rings. The number of hydrogen-bond donors (Lipinski definition) is 0. The minimum absolute atomic E-state index is 0.468. The lowest BCUT2D eigenvalue weighted by atomic mass is 9.96. The normalized spacial score (nSPS) is 11.9. The van der Waals surface area contributed by atoms with Crippen molar-refractivity contribution in [3.8, 4) is 6.07 Å². The summed E-state index contributed by atoms with van der Waals surface area (Å²) in [6.45, 7) is 0. The summed E-state index contributed by atoms with van der Waals surface area (Å²) in [6.07, 6.45) is 0. The Morgan fingerprint density at radius 2 is 1.72 bits per heavy atom. The van der Waals surface area contributed by atoms with Crippen molar-refractivity contribution in [1.82, 2.24) is 4.98 Å². The van der Waals surface area contributed by atoms with E-state index in [0.29, 0.717) is 25.9 Å². The van der Waals surface area contributed by atoms with E-state index in [1.165, 1.54) is 0 Å². The zero-order chi connectivity index (χ0) is 13.1. The van der Waals surface area contributed by atoms with Gasteiger partial charge in [-0.15, -0.1) is 0 Å². The molecule has 90 valence electrons. The molecule has 0 saturated heterocycles. The first-order valence-corrected chi connectivity index (χ1v) is 6.64. The molecule has 5 heteroatoms. The van der Waals surface area contributed by atoms with Gasteiger partial charge in [-0.25, -0.2) is 4.98 Å². The van der Waals surface area contributed by atoms with Crippen LogP contribution in [0.1, 0.15) is 17.2 Å². The van der Waals surface area contributed by atoms with Gasteiger partial charge in [-0.3, -0.25) is 0 Å². The number of rotatable bonds is 2. The number of halogens is 3. The Morgan fingerprint density at radius 3 is 2.28 bits per heavy atom. The molecule has 2 rings (SSSR count). The van der Waals surface area contributed by atoms with Crippen LogP contribution in [0.25, 0.3) is 0 Å². The third-order valence-electron chi connectivity index (χ3n) is 2.45. The first kappa shape index (κ1) is 13.4. The molecule has 0 bridgehead atoms. The third kappa shape index (κ3) is 2.67. The SMILES string of the molecule is N#CC(c1cccc(Br)n1)c1c(Cl)cccc1Cl. The van der Waals surface area contributed by atoms with E-state index in [0.717, 1.165) is 0 Å². The highest BCUT2D eigenvalue weighted by Gasteiger charge is 2.20. The summed E-state index contributed by atoms with van der Waals surface area (Å²) in [7, 11) is 0. The van der Waals surface area contributed by atoms with Crippen molar-refractivity contribution in [1.29, 1.82) is 5.26 Å². The summed E-state index contributed by atoms with van der Waals surface area (Å²) in [5.74, 6) is -0.580. The number of benzene rings is 1. The van der Waals surface area contributed by atoms with Crippen molar-refractivity contribution >= 4 is 39.1 Å². The average molecular weight is 342 g/mol. The van der Waals surface area contributed by atoms with Crippen molar-refractivity contribution in [2.45, 2.75) is 5.92 Å². The molecule has 0 saturated carbocycles. The second kappa shape index (κ2) is 5.71. The molecule has 0 aliphatic heterocycles. The third-order valence-corrected chi connectivity index (χ3v) is 3.55. The van der Waals surface area contributed by atoms with Crippen molar-refractivity contribution in [2.24, 2.45) is 0 Å². The van der Waals surface area contributed by atoms with Crippen LogP contribution in [0, 0.1) is 11.3 Å². The van der Waals surface area contributed by atoms with Crippen LogP contribution in [0.4, 0.5) is 0 Å². The topological polar surface area (TPSA) is 36.7 Å². The van der Waals surface area contributed by atoms with Gasteiger partial charge < -0.3 is 0 Å². The van der Waals surface area contributed by atoms with Crippen molar-refractivity contribution in [3.05, 3.63) is 62.3 Å². The zero-order valence-corrected chi connectivity index (χ0v) is 12.2. The van der Waals surface area contributed by atoms with Gasteiger partial charge in [0, 0.05) is 15.6 Å². The lowest BCUT2D eigenvalue weighted by molar-refractivity contribution is 0.957. The van der Waals surface area contributed by atoms with Crippen LogP contribution in [0.2, 0.25) is 10.0 Å². The minimum atomic E-state index is -0.580. The van der Waals surface area contributed by atoms with Crippen molar-refractivity contribution in [2.75, 3.05) is 0 Å². The van der Waals surface area contributed by atoms with Gasteiger partial charge in [0.25, 0.3) is 0 Å². The van der Waals surface area contributed by atoms with Crippen LogP contribution >= 0.6 is 39.1 Å². The van der Waals surface area contributed by atoms with Crippen molar-refractivity contribution in [3.63, 3.8) is 0 Å². The molecule has 18 heavy (non-hydrogen) atoms. The van der Waals surface area contributed by atoms with Gasteiger partial charge in [0.1, 0.15) is 10.5 Å². The molecular weight excluding hydrogens is 335 g/mol. The number of pyridine rings is 1. The molecule has 0 amide bonds. The fraction of sp³-hybridized carbons (Fsp3) is 0.0769. The molecule has 1 unspecified atom stereocenters. The maximum atomic E-state index is 9.35. The summed E-state index contributed by atoms with van der Waals surface area (Å²) in [5, 5.41) is 10.3. The summed E-state index contributed by atoms with van der Waals surface area (Å²) in [6, 6.07) is 12.8. The first-order valence-electron chi connectivity index (χ1n) is 5.09. The van der Waals surface area contributed by atoms with E-state index < -0.39 is 5.92 Å². The maximum Gasteiger partial charge on any atom is 0.116 e.